The molecule has 0 aliphatic rings. The van der Waals surface area contributed by atoms with E-state index in [-0.39, 0.29) is 0 Å². The van der Waals surface area contributed by atoms with Crippen molar-refractivity contribution in [1.82, 2.24) is 5.16 Å². The molecule has 78 valence electrons. The van der Waals surface area contributed by atoms with E-state index in [2.05, 4.69) is 5.16 Å². The van der Waals surface area contributed by atoms with Gasteiger partial charge in [-0.1, -0.05) is 35.5 Å². The maximum Gasteiger partial charge on any atom is 0.139 e. The highest BCUT2D eigenvalue weighted by Gasteiger charge is 2.13. The minimum atomic E-state index is 0.527. The molecule has 3 heteroatoms. The van der Waals surface area contributed by atoms with E-state index in [0.29, 0.717) is 6.61 Å². The van der Waals surface area contributed by atoms with Gasteiger partial charge >= 0.3 is 0 Å². The Bertz CT molecular complexity index is 434. The Kier molecular flexibility index (Phi) is 2.83. The zero-order chi connectivity index (χ0) is 10.7. The average molecular weight is 203 g/mol. The lowest BCUT2D eigenvalue weighted by Gasteiger charge is -2.00. The lowest BCUT2D eigenvalue weighted by Crippen LogP contribution is -1.91. The first-order valence-electron chi connectivity index (χ1n) is 4.82. The summed E-state index contributed by atoms with van der Waals surface area (Å²) in [5.74, 6) is 0.815. The number of ether oxygens (including phenoxy) is 1. The van der Waals surface area contributed by atoms with Crippen LogP contribution in [0.2, 0.25) is 0 Å². The summed E-state index contributed by atoms with van der Waals surface area (Å²) in [4.78, 5) is 0. The second-order valence-corrected chi connectivity index (χ2v) is 3.36. The minimum Gasteiger partial charge on any atom is -0.380 e. The zero-order valence-corrected chi connectivity index (χ0v) is 8.86. The van der Waals surface area contributed by atoms with Gasteiger partial charge in [0, 0.05) is 18.2 Å². The Hall–Kier alpha value is -1.61. The summed E-state index contributed by atoms with van der Waals surface area (Å²) in [5.41, 5.74) is 2.94. The molecule has 2 aromatic rings. The number of aryl methyl sites for hydroxylation is 1. The van der Waals surface area contributed by atoms with E-state index in [0.717, 1.165) is 22.6 Å². The number of nitrogens with zero attached hydrogens (tertiary/aromatic N) is 1. The SMILES string of the molecule is COCc1c(-c2ccccc2)noc1C. The third-order valence-corrected chi connectivity index (χ3v) is 2.32. The monoisotopic (exact) mass is 203 g/mol. The lowest BCUT2D eigenvalue weighted by atomic mass is 10.1. The highest BCUT2D eigenvalue weighted by atomic mass is 16.5. The van der Waals surface area contributed by atoms with E-state index in [1.54, 1.807) is 7.11 Å². The molecule has 1 aromatic heterocycles. The van der Waals surface area contributed by atoms with Crippen molar-refractivity contribution in [2.24, 2.45) is 0 Å². The van der Waals surface area contributed by atoms with Crippen molar-refractivity contribution in [3.05, 3.63) is 41.7 Å². The summed E-state index contributed by atoms with van der Waals surface area (Å²) in [6.07, 6.45) is 0. The predicted molar refractivity (Wildman–Crippen MR) is 57.4 cm³/mol. The quantitative estimate of drug-likeness (QED) is 0.769. The number of methoxy groups -OCH3 is 1. The molecule has 0 saturated heterocycles. The molecule has 0 saturated carbocycles. The Morgan fingerprint density at radius 1 is 1.27 bits per heavy atom. The van der Waals surface area contributed by atoms with E-state index in [1.807, 2.05) is 37.3 Å². The van der Waals surface area contributed by atoms with Crippen molar-refractivity contribution < 1.29 is 9.26 Å². The molecule has 0 radical (unpaired) electrons. The molecule has 0 amide bonds. The number of hydrogen-bond donors (Lipinski definition) is 0. The van der Waals surface area contributed by atoms with Crippen LogP contribution in [-0.2, 0) is 11.3 Å². The van der Waals surface area contributed by atoms with Crippen LogP contribution in [0.1, 0.15) is 11.3 Å². The van der Waals surface area contributed by atoms with E-state index in [9.17, 15) is 0 Å². The average Bonchev–Trinajstić information content (AvgIpc) is 2.63. The van der Waals surface area contributed by atoms with Crippen LogP contribution in [-0.4, -0.2) is 12.3 Å². The Balaban J connectivity index is 2.44. The standard InChI is InChI=1S/C12H13NO2/c1-9-11(8-14-2)12(13-15-9)10-6-4-3-5-7-10/h3-7H,8H2,1-2H3. The molecule has 0 aliphatic heterocycles. The largest absolute Gasteiger partial charge is 0.380 e. The van der Waals surface area contributed by atoms with Crippen LogP contribution in [0.3, 0.4) is 0 Å². The predicted octanol–water partition coefficient (Wildman–Crippen LogP) is 2.80. The molecule has 0 fully saturated rings. The van der Waals surface area contributed by atoms with Gasteiger partial charge in [0.15, 0.2) is 0 Å². The third kappa shape index (κ3) is 1.92. The van der Waals surface area contributed by atoms with Crippen LogP contribution in [0, 0.1) is 6.92 Å². The van der Waals surface area contributed by atoms with Crippen LogP contribution in [0.4, 0.5) is 0 Å². The fourth-order valence-electron chi connectivity index (χ4n) is 1.53. The molecule has 1 aromatic carbocycles. The molecular formula is C12H13NO2. The van der Waals surface area contributed by atoms with Crippen LogP contribution in [0.25, 0.3) is 11.3 Å². The second-order valence-electron chi connectivity index (χ2n) is 3.36. The fraction of sp³-hybridized carbons (Fsp3) is 0.250. The summed E-state index contributed by atoms with van der Waals surface area (Å²) in [6.45, 7) is 2.42. The van der Waals surface area contributed by atoms with Gasteiger partial charge in [-0.25, -0.2) is 0 Å². The number of benzene rings is 1. The minimum absolute atomic E-state index is 0.527. The molecule has 0 spiro atoms. The molecule has 0 unspecified atom stereocenters. The van der Waals surface area contributed by atoms with Gasteiger partial charge in [0.1, 0.15) is 11.5 Å². The van der Waals surface area contributed by atoms with E-state index < -0.39 is 0 Å². The highest BCUT2D eigenvalue weighted by Crippen LogP contribution is 2.25. The van der Waals surface area contributed by atoms with Gasteiger partial charge in [-0.05, 0) is 6.92 Å². The lowest BCUT2D eigenvalue weighted by molar-refractivity contribution is 0.183. The van der Waals surface area contributed by atoms with Crippen LogP contribution in [0.5, 0.6) is 0 Å². The summed E-state index contributed by atoms with van der Waals surface area (Å²) in [5, 5.41) is 4.05. The smallest absolute Gasteiger partial charge is 0.139 e. The van der Waals surface area contributed by atoms with Gasteiger partial charge in [-0.2, -0.15) is 0 Å². The number of rotatable bonds is 3. The maximum atomic E-state index is 5.17. The molecule has 0 aliphatic carbocycles. The highest BCUT2D eigenvalue weighted by molar-refractivity contribution is 5.62. The topological polar surface area (TPSA) is 35.3 Å². The first-order valence-corrected chi connectivity index (χ1v) is 4.82. The maximum absolute atomic E-state index is 5.17. The fourth-order valence-corrected chi connectivity index (χ4v) is 1.53. The Morgan fingerprint density at radius 2 is 2.00 bits per heavy atom. The van der Waals surface area contributed by atoms with Crippen LogP contribution < -0.4 is 0 Å². The van der Waals surface area contributed by atoms with Gasteiger partial charge in [-0.15, -0.1) is 0 Å². The van der Waals surface area contributed by atoms with Crippen molar-refractivity contribution in [2.45, 2.75) is 13.5 Å². The molecule has 0 atom stereocenters. The Labute approximate surface area is 88.7 Å². The third-order valence-electron chi connectivity index (χ3n) is 2.32. The molecule has 0 N–H and O–H groups in total. The molecule has 2 rings (SSSR count). The normalized spacial score (nSPS) is 10.5. The van der Waals surface area contributed by atoms with Gasteiger partial charge < -0.3 is 9.26 Å². The van der Waals surface area contributed by atoms with Crippen LogP contribution in [0.15, 0.2) is 34.9 Å². The summed E-state index contributed by atoms with van der Waals surface area (Å²) in [6, 6.07) is 9.96. The van der Waals surface area contributed by atoms with Crippen molar-refractivity contribution in [1.29, 1.82) is 0 Å². The molecule has 1 heterocycles. The van der Waals surface area contributed by atoms with Gasteiger partial charge in [0.25, 0.3) is 0 Å². The van der Waals surface area contributed by atoms with Gasteiger partial charge in [0.05, 0.1) is 6.61 Å². The summed E-state index contributed by atoms with van der Waals surface area (Å²) in [7, 11) is 1.67. The first-order chi connectivity index (χ1) is 7.33. The van der Waals surface area contributed by atoms with Crippen molar-refractivity contribution in [3.63, 3.8) is 0 Å². The van der Waals surface area contributed by atoms with E-state index in [4.69, 9.17) is 9.26 Å². The number of hydrogen-bond acceptors (Lipinski definition) is 3. The zero-order valence-electron chi connectivity index (χ0n) is 8.86. The molecule has 3 nitrogen and oxygen atoms in total. The Morgan fingerprint density at radius 3 is 2.67 bits per heavy atom. The van der Waals surface area contributed by atoms with E-state index >= 15 is 0 Å². The summed E-state index contributed by atoms with van der Waals surface area (Å²) >= 11 is 0. The first kappa shape index (κ1) is 9.93. The molecule has 15 heavy (non-hydrogen) atoms. The van der Waals surface area contributed by atoms with Gasteiger partial charge in [0.2, 0.25) is 0 Å². The molecular weight excluding hydrogens is 190 g/mol. The molecule has 0 bridgehead atoms. The second kappa shape index (κ2) is 4.28. The number of aromatic nitrogens is 1. The van der Waals surface area contributed by atoms with Crippen LogP contribution >= 0.6 is 0 Å². The van der Waals surface area contributed by atoms with Crippen molar-refractivity contribution in [3.8, 4) is 11.3 Å². The van der Waals surface area contributed by atoms with Gasteiger partial charge in [-0.3, -0.25) is 0 Å². The van der Waals surface area contributed by atoms with Crippen molar-refractivity contribution >= 4 is 0 Å². The van der Waals surface area contributed by atoms with E-state index in [1.165, 1.54) is 0 Å². The summed E-state index contributed by atoms with van der Waals surface area (Å²) < 4.78 is 10.3. The van der Waals surface area contributed by atoms with Crippen molar-refractivity contribution in [2.75, 3.05) is 7.11 Å².